The summed E-state index contributed by atoms with van der Waals surface area (Å²) in [4.78, 5) is 44.5. The first-order valence-corrected chi connectivity index (χ1v) is 14.3. The van der Waals surface area contributed by atoms with Gasteiger partial charge in [0, 0.05) is 29.4 Å². The number of nitrogens with two attached hydrogens (primary N) is 1. The second-order valence-corrected chi connectivity index (χ2v) is 12.1. The van der Waals surface area contributed by atoms with Crippen molar-refractivity contribution in [2.75, 3.05) is 12.3 Å². The van der Waals surface area contributed by atoms with Crippen LogP contribution in [0, 0.1) is 5.92 Å². The van der Waals surface area contributed by atoms with Crippen molar-refractivity contribution in [2.45, 2.75) is 25.7 Å². The predicted molar refractivity (Wildman–Crippen MR) is 117 cm³/mol. The molecule has 0 aliphatic carbocycles. The minimum absolute atomic E-state index is 0.145. The van der Waals surface area contributed by atoms with Crippen LogP contribution in [0.25, 0.3) is 22.2 Å². The van der Waals surface area contributed by atoms with E-state index in [4.69, 9.17) is 24.8 Å². The fraction of sp³-hybridized carbons (Fsp3) is 0.400. The standard InChI is InChI=1S/C15H21N6O11P3/c1-8-2-10(6-29-34(25,26)32-35(27,28)31-33(22,23)24)30-15(8)21-5-11(9-3-19-20-4-9)12-13(16)17-7-18-14(12)21/h3-5,7-8,10,15H,2,6H2,1H3,(H,19,20)(H,25,26)(H,27,28)(H2,16,17,18)(H2,22,23,24). The summed E-state index contributed by atoms with van der Waals surface area (Å²) in [6, 6.07) is 0. The lowest BCUT2D eigenvalue weighted by Gasteiger charge is -2.19. The summed E-state index contributed by atoms with van der Waals surface area (Å²) >= 11 is 0. The molecular formula is C15H21N6O11P3. The second kappa shape index (κ2) is 9.47. The Morgan fingerprint density at radius 1 is 1.20 bits per heavy atom. The number of aromatic amines is 1. The lowest BCUT2D eigenvalue weighted by atomic mass is 10.1. The monoisotopic (exact) mass is 554 g/mol. The smallest absolute Gasteiger partial charge is 0.383 e. The third-order valence-corrected chi connectivity index (χ3v) is 8.82. The lowest BCUT2D eigenvalue weighted by molar-refractivity contribution is -0.0287. The van der Waals surface area contributed by atoms with E-state index in [-0.39, 0.29) is 11.7 Å². The first-order valence-electron chi connectivity index (χ1n) is 9.78. The molecule has 0 amide bonds. The van der Waals surface area contributed by atoms with Crippen molar-refractivity contribution in [2.24, 2.45) is 5.92 Å². The molecule has 3 aromatic heterocycles. The van der Waals surface area contributed by atoms with Crippen molar-refractivity contribution in [3.8, 4) is 11.1 Å². The predicted octanol–water partition coefficient (Wildman–Crippen LogP) is 1.67. The van der Waals surface area contributed by atoms with Crippen molar-refractivity contribution < 1.29 is 51.2 Å². The maximum Gasteiger partial charge on any atom is 0.490 e. The fourth-order valence-electron chi connectivity index (χ4n) is 3.77. The van der Waals surface area contributed by atoms with E-state index in [9.17, 15) is 23.5 Å². The summed E-state index contributed by atoms with van der Waals surface area (Å²) < 4.78 is 54.0. The molecule has 0 aromatic carbocycles. The second-order valence-electron chi connectivity index (χ2n) is 7.64. The summed E-state index contributed by atoms with van der Waals surface area (Å²) in [7, 11) is -16.3. The molecule has 7 N–H and O–H groups in total. The van der Waals surface area contributed by atoms with E-state index in [0.29, 0.717) is 23.0 Å². The molecule has 0 spiro atoms. The summed E-state index contributed by atoms with van der Waals surface area (Å²) in [5.41, 5.74) is 8.02. The maximum atomic E-state index is 12.0. The van der Waals surface area contributed by atoms with E-state index >= 15 is 0 Å². The molecule has 0 radical (unpaired) electrons. The van der Waals surface area contributed by atoms with E-state index in [0.717, 1.165) is 5.56 Å². The molecule has 3 aromatic rings. The van der Waals surface area contributed by atoms with Gasteiger partial charge in [-0.2, -0.15) is 13.7 Å². The van der Waals surface area contributed by atoms with Crippen LogP contribution in [0.5, 0.6) is 0 Å². The number of nitrogens with zero attached hydrogens (tertiary/aromatic N) is 4. The van der Waals surface area contributed by atoms with Crippen LogP contribution in [0.4, 0.5) is 5.82 Å². The number of rotatable bonds is 9. The molecule has 4 heterocycles. The number of phosphoric acid groups is 3. The zero-order chi connectivity index (χ0) is 25.6. The van der Waals surface area contributed by atoms with E-state index < -0.39 is 42.4 Å². The molecule has 5 unspecified atom stereocenters. The summed E-state index contributed by atoms with van der Waals surface area (Å²) in [5, 5.41) is 7.26. The first kappa shape index (κ1) is 26.1. The van der Waals surface area contributed by atoms with Gasteiger partial charge in [-0.15, -0.1) is 0 Å². The van der Waals surface area contributed by atoms with E-state index in [2.05, 4.69) is 28.8 Å². The van der Waals surface area contributed by atoms with Crippen LogP contribution in [0.1, 0.15) is 19.6 Å². The molecule has 0 saturated carbocycles. The van der Waals surface area contributed by atoms with Gasteiger partial charge in [-0.3, -0.25) is 9.62 Å². The van der Waals surface area contributed by atoms with Crippen molar-refractivity contribution in [3.63, 3.8) is 0 Å². The first-order chi connectivity index (χ1) is 16.2. The molecule has 1 saturated heterocycles. The van der Waals surface area contributed by atoms with E-state index in [1.54, 1.807) is 23.2 Å². The molecule has 1 fully saturated rings. The van der Waals surface area contributed by atoms with Crippen molar-refractivity contribution in [1.29, 1.82) is 0 Å². The number of ether oxygens (including phenoxy) is 1. The summed E-state index contributed by atoms with van der Waals surface area (Å²) in [6.07, 6.45) is 5.36. The van der Waals surface area contributed by atoms with Gasteiger partial charge < -0.3 is 34.6 Å². The number of nitrogen functional groups attached to an aromatic ring is 1. The fourth-order valence-corrected chi connectivity index (χ4v) is 6.81. The highest BCUT2D eigenvalue weighted by Gasteiger charge is 2.42. The van der Waals surface area contributed by atoms with Crippen LogP contribution in [0.15, 0.2) is 24.9 Å². The molecule has 192 valence electrons. The number of H-pyrrole nitrogens is 1. The Hall–Kier alpha value is -2.00. The Kier molecular flexibility index (Phi) is 7.05. The van der Waals surface area contributed by atoms with E-state index in [1.165, 1.54) is 6.33 Å². The van der Waals surface area contributed by atoms with Gasteiger partial charge in [-0.05, 0) is 6.42 Å². The highest BCUT2D eigenvalue weighted by atomic mass is 31.3. The third kappa shape index (κ3) is 6.05. The van der Waals surface area contributed by atoms with Gasteiger partial charge in [0.25, 0.3) is 0 Å². The number of anilines is 1. The van der Waals surface area contributed by atoms with Crippen LogP contribution < -0.4 is 5.73 Å². The number of phosphoric ester groups is 1. The Balaban J connectivity index is 1.50. The Morgan fingerprint density at radius 3 is 2.60 bits per heavy atom. The van der Waals surface area contributed by atoms with Crippen LogP contribution in [0.3, 0.4) is 0 Å². The van der Waals surface area contributed by atoms with Crippen molar-refractivity contribution in [3.05, 3.63) is 24.9 Å². The van der Waals surface area contributed by atoms with Gasteiger partial charge in [-0.25, -0.2) is 23.7 Å². The van der Waals surface area contributed by atoms with Gasteiger partial charge in [0.2, 0.25) is 0 Å². The van der Waals surface area contributed by atoms with E-state index in [1.807, 2.05) is 6.92 Å². The topological polar surface area (TPSA) is 254 Å². The van der Waals surface area contributed by atoms with Gasteiger partial charge in [0.05, 0.1) is 24.3 Å². The minimum atomic E-state index is -5.60. The van der Waals surface area contributed by atoms with Gasteiger partial charge in [0.15, 0.2) is 0 Å². The number of aromatic nitrogens is 5. The molecule has 20 heteroatoms. The van der Waals surface area contributed by atoms with Crippen LogP contribution in [0.2, 0.25) is 0 Å². The van der Waals surface area contributed by atoms with Crippen LogP contribution in [-0.4, -0.2) is 57.0 Å². The molecule has 17 nitrogen and oxygen atoms in total. The molecule has 4 rings (SSSR count). The van der Waals surface area contributed by atoms with Gasteiger partial charge in [0.1, 0.15) is 24.0 Å². The average molecular weight is 554 g/mol. The lowest BCUT2D eigenvalue weighted by Crippen LogP contribution is -2.17. The number of nitrogens with one attached hydrogen (secondary N) is 1. The summed E-state index contributed by atoms with van der Waals surface area (Å²) in [6.45, 7) is 1.32. The Labute approximate surface area is 196 Å². The Morgan fingerprint density at radius 2 is 1.94 bits per heavy atom. The maximum absolute atomic E-state index is 12.0. The molecular weight excluding hydrogens is 533 g/mol. The number of fused-ring (bicyclic) bond motifs is 1. The Bertz CT molecular complexity index is 1360. The normalized spacial score (nSPS) is 24.4. The average Bonchev–Trinajstić information content (AvgIpc) is 3.42. The quantitative estimate of drug-likeness (QED) is 0.206. The van der Waals surface area contributed by atoms with Crippen molar-refractivity contribution in [1.82, 2.24) is 24.7 Å². The van der Waals surface area contributed by atoms with Gasteiger partial charge >= 0.3 is 23.5 Å². The largest absolute Gasteiger partial charge is 0.490 e. The zero-order valence-corrected chi connectivity index (χ0v) is 20.5. The van der Waals surface area contributed by atoms with Crippen LogP contribution >= 0.6 is 23.5 Å². The van der Waals surface area contributed by atoms with Gasteiger partial charge in [-0.1, -0.05) is 6.92 Å². The van der Waals surface area contributed by atoms with Crippen molar-refractivity contribution >= 4 is 40.3 Å². The highest BCUT2D eigenvalue weighted by Crippen LogP contribution is 2.66. The van der Waals surface area contributed by atoms with Crippen LogP contribution in [-0.2, 0) is 31.6 Å². The highest BCUT2D eigenvalue weighted by molar-refractivity contribution is 7.66. The summed E-state index contributed by atoms with van der Waals surface area (Å²) in [5.74, 6) is 0.105. The molecule has 1 aliphatic rings. The minimum Gasteiger partial charge on any atom is -0.383 e. The molecule has 0 bridgehead atoms. The molecule has 1 aliphatic heterocycles. The number of hydrogen-bond acceptors (Lipinski definition) is 11. The molecule has 5 atom stereocenters. The third-order valence-electron chi connectivity index (χ3n) is 5.01. The SMILES string of the molecule is CC1CC(COP(=O)(O)OP(=O)(O)OP(=O)(O)O)OC1n1cc(-c2cn[nH]c2)c2c(N)ncnc21. The number of hydrogen-bond donors (Lipinski definition) is 6. The molecule has 35 heavy (non-hydrogen) atoms. The zero-order valence-electron chi connectivity index (χ0n) is 17.8.